The Morgan fingerprint density at radius 3 is 2.56 bits per heavy atom. The van der Waals surface area contributed by atoms with Crippen LogP contribution in [0.1, 0.15) is 46.5 Å². The second kappa shape index (κ2) is 5.83. The van der Waals surface area contributed by atoms with Crippen LogP contribution in [0.5, 0.6) is 0 Å². The van der Waals surface area contributed by atoms with E-state index in [-0.39, 0.29) is 5.92 Å². The highest BCUT2D eigenvalue weighted by atomic mass is 16.1. The van der Waals surface area contributed by atoms with Gasteiger partial charge in [-0.2, -0.15) is 0 Å². The Morgan fingerprint density at radius 2 is 2.00 bits per heavy atom. The van der Waals surface area contributed by atoms with Gasteiger partial charge in [0, 0.05) is 17.3 Å². The van der Waals surface area contributed by atoms with Crippen molar-refractivity contribution in [2.75, 3.05) is 0 Å². The molecule has 3 nitrogen and oxygen atoms in total. The summed E-state index contributed by atoms with van der Waals surface area (Å²) in [5.41, 5.74) is 7.34. The summed E-state index contributed by atoms with van der Waals surface area (Å²) >= 11 is 0. The normalized spacial score (nSPS) is 27.9. The Hall–Kier alpha value is -1.12. The number of carbonyl (C=O) groups excluding carboxylic acids is 1. The number of hydrogen-bond donors (Lipinski definition) is 1. The number of rotatable bonds is 3. The first-order valence-electron chi connectivity index (χ1n) is 5.97. The van der Waals surface area contributed by atoms with E-state index >= 15 is 0 Å². The van der Waals surface area contributed by atoms with E-state index in [1.807, 2.05) is 19.9 Å². The molecule has 1 aliphatic carbocycles. The van der Waals surface area contributed by atoms with Gasteiger partial charge in [-0.25, -0.2) is 0 Å². The average molecular weight is 222 g/mol. The van der Waals surface area contributed by atoms with E-state index in [0.717, 1.165) is 37.1 Å². The summed E-state index contributed by atoms with van der Waals surface area (Å²) < 4.78 is 0. The first-order valence-corrected chi connectivity index (χ1v) is 5.97. The molecule has 1 aliphatic rings. The van der Waals surface area contributed by atoms with Gasteiger partial charge in [-0.3, -0.25) is 9.79 Å². The van der Waals surface area contributed by atoms with Gasteiger partial charge < -0.3 is 5.73 Å². The molecular formula is C13H22N2O. The maximum Gasteiger partial charge on any atom is 0.132 e. The lowest BCUT2D eigenvalue weighted by Crippen LogP contribution is -2.24. The molecule has 0 spiro atoms. The average Bonchev–Trinajstić information content (AvgIpc) is 2.16. The quantitative estimate of drug-likeness (QED) is 0.746. The summed E-state index contributed by atoms with van der Waals surface area (Å²) in [6, 6.07) is 0.304. The van der Waals surface area contributed by atoms with Crippen LogP contribution in [0.25, 0.3) is 0 Å². The minimum atomic E-state index is 0.221. The third-order valence-electron chi connectivity index (χ3n) is 3.04. The third kappa shape index (κ3) is 4.17. The molecule has 0 amide bonds. The fourth-order valence-electron chi connectivity index (χ4n) is 2.31. The molecule has 0 radical (unpaired) electrons. The Bertz CT molecular complexity index is 314. The van der Waals surface area contributed by atoms with Gasteiger partial charge in [0.1, 0.15) is 5.78 Å². The summed E-state index contributed by atoms with van der Waals surface area (Å²) in [6.07, 6.45) is 6.03. The number of nitrogens with zero attached hydrogens (tertiary/aromatic N) is 1. The van der Waals surface area contributed by atoms with Crippen LogP contribution in [0.15, 0.2) is 16.8 Å². The molecule has 0 unspecified atom stereocenters. The van der Waals surface area contributed by atoms with Crippen LogP contribution in [-0.2, 0) is 4.79 Å². The lowest BCUT2D eigenvalue weighted by Gasteiger charge is -2.25. The standard InChI is InChI=1S/C13H22N2O/c1-9(14)7-10(2)15-13-6-4-5-12(8-13)11(3)16/h7,12-13H,4-6,8,14H2,1-3H3/t12-,13-/m1/s1. The van der Waals surface area contributed by atoms with Crippen LogP contribution in [0.3, 0.4) is 0 Å². The van der Waals surface area contributed by atoms with Gasteiger partial charge in [0.05, 0.1) is 6.04 Å². The zero-order valence-electron chi connectivity index (χ0n) is 10.5. The third-order valence-corrected chi connectivity index (χ3v) is 3.04. The highest BCUT2D eigenvalue weighted by molar-refractivity contribution is 5.93. The smallest absolute Gasteiger partial charge is 0.132 e. The molecule has 2 N–H and O–H groups in total. The van der Waals surface area contributed by atoms with Crippen molar-refractivity contribution in [3.63, 3.8) is 0 Å². The van der Waals surface area contributed by atoms with Crippen LogP contribution in [0.2, 0.25) is 0 Å². The van der Waals surface area contributed by atoms with E-state index in [1.165, 1.54) is 0 Å². The molecule has 90 valence electrons. The summed E-state index contributed by atoms with van der Waals surface area (Å²) in [6.45, 7) is 5.51. The molecule has 0 aliphatic heterocycles. The van der Waals surface area contributed by atoms with Crippen molar-refractivity contribution < 1.29 is 4.79 Å². The minimum Gasteiger partial charge on any atom is -0.402 e. The Kier molecular flexibility index (Phi) is 4.71. The summed E-state index contributed by atoms with van der Waals surface area (Å²) in [5, 5.41) is 0. The van der Waals surface area contributed by atoms with E-state index < -0.39 is 0 Å². The van der Waals surface area contributed by atoms with Gasteiger partial charge in [-0.15, -0.1) is 0 Å². The number of carbonyl (C=O) groups is 1. The summed E-state index contributed by atoms with van der Waals surface area (Å²) in [5.74, 6) is 0.529. The molecule has 0 bridgehead atoms. The van der Waals surface area contributed by atoms with Crippen molar-refractivity contribution in [2.45, 2.75) is 52.5 Å². The summed E-state index contributed by atoms with van der Waals surface area (Å²) in [4.78, 5) is 15.9. The largest absolute Gasteiger partial charge is 0.402 e. The number of Topliss-reactive ketones (excluding diaryl/α,β-unsaturated/α-hetero) is 1. The van der Waals surface area contributed by atoms with Crippen LogP contribution in [-0.4, -0.2) is 17.5 Å². The fraction of sp³-hybridized carbons (Fsp3) is 0.692. The van der Waals surface area contributed by atoms with E-state index in [2.05, 4.69) is 4.99 Å². The van der Waals surface area contributed by atoms with Crippen molar-refractivity contribution in [1.82, 2.24) is 0 Å². The molecule has 1 fully saturated rings. The van der Waals surface area contributed by atoms with Gasteiger partial charge in [0.25, 0.3) is 0 Å². The molecule has 0 aromatic carbocycles. The predicted octanol–water partition coefficient (Wildman–Crippen LogP) is 2.46. The molecule has 3 heteroatoms. The lowest BCUT2D eigenvalue weighted by atomic mass is 9.84. The van der Waals surface area contributed by atoms with Gasteiger partial charge >= 0.3 is 0 Å². The van der Waals surface area contributed by atoms with E-state index in [0.29, 0.717) is 11.8 Å². The molecule has 1 rings (SSSR count). The van der Waals surface area contributed by atoms with Gasteiger partial charge in [-0.05, 0) is 46.1 Å². The van der Waals surface area contributed by atoms with Crippen molar-refractivity contribution in [1.29, 1.82) is 0 Å². The van der Waals surface area contributed by atoms with Gasteiger partial charge in [0.15, 0.2) is 0 Å². The second-order valence-corrected chi connectivity index (χ2v) is 4.79. The first-order chi connectivity index (χ1) is 7.49. The molecular weight excluding hydrogens is 200 g/mol. The molecule has 0 saturated heterocycles. The van der Waals surface area contributed by atoms with Crippen molar-refractivity contribution in [2.24, 2.45) is 16.6 Å². The van der Waals surface area contributed by atoms with Crippen molar-refractivity contribution in [3.8, 4) is 0 Å². The zero-order valence-corrected chi connectivity index (χ0v) is 10.5. The van der Waals surface area contributed by atoms with Crippen molar-refractivity contribution in [3.05, 3.63) is 11.8 Å². The molecule has 0 heterocycles. The Morgan fingerprint density at radius 1 is 1.31 bits per heavy atom. The minimum absolute atomic E-state index is 0.221. The van der Waals surface area contributed by atoms with E-state index in [1.54, 1.807) is 6.92 Å². The highest BCUT2D eigenvalue weighted by Crippen LogP contribution is 2.27. The van der Waals surface area contributed by atoms with E-state index in [4.69, 9.17) is 5.73 Å². The molecule has 0 aromatic rings. The number of hydrogen-bond acceptors (Lipinski definition) is 3. The number of aliphatic imine (C=N–C) groups is 1. The monoisotopic (exact) mass is 222 g/mol. The molecule has 1 saturated carbocycles. The molecule has 2 atom stereocenters. The fourth-order valence-corrected chi connectivity index (χ4v) is 2.31. The lowest BCUT2D eigenvalue weighted by molar-refractivity contribution is -0.121. The number of ketones is 1. The summed E-state index contributed by atoms with van der Waals surface area (Å²) in [7, 11) is 0. The second-order valence-electron chi connectivity index (χ2n) is 4.79. The highest BCUT2D eigenvalue weighted by Gasteiger charge is 2.24. The number of nitrogens with two attached hydrogens (primary N) is 1. The van der Waals surface area contributed by atoms with Gasteiger partial charge in [-0.1, -0.05) is 6.42 Å². The van der Waals surface area contributed by atoms with Crippen LogP contribution >= 0.6 is 0 Å². The topological polar surface area (TPSA) is 55.5 Å². The Balaban J connectivity index is 2.61. The SMILES string of the molecule is CC(=O)[C@@H]1CCC[C@@H](N=C(C)C=C(C)N)C1. The molecule has 16 heavy (non-hydrogen) atoms. The van der Waals surface area contributed by atoms with Gasteiger partial charge in [0.2, 0.25) is 0 Å². The maximum atomic E-state index is 11.3. The van der Waals surface area contributed by atoms with Crippen LogP contribution in [0.4, 0.5) is 0 Å². The first kappa shape index (κ1) is 12.9. The predicted molar refractivity (Wildman–Crippen MR) is 67.5 cm³/mol. The van der Waals surface area contributed by atoms with Crippen LogP contribution in [0, 0.1) is 5.92 Å². The van der Waals surface area contributed by atoms with E-state index in [9.17, 15) is 4.79 Å². The maximum absolute atomic E-state index is 11.3. The number of allylic oxidation sites excluding steroid dienone is 2. The molecule has 0 aromatic heterocycles. The zero-order chi connectivity index (χ0) is 12.1. The van der Waals surface area contributed by atoms with Crippen LogP contribution < -0.4 is 5.73 Å². The van der Waals surface area contributed by atoms with Crippen molar-refractivity contribution >= 4 is 11.5 Å². The Labute approximate surface area is 97.8 Å².